The lowest BCUT2D eigenvalue weighted by Crippen LogP contribution is -2.28. The predicted octanol–water partition coefficient (Wildman–Crippen LogP) is 9.55. The summed E-state index contributed by atoms with van der Waals surface area (Å²) in [4.78, 5) is 34.3. The molecular weight excluding hydrogens is 671 g/mol. The van der Waals surface area contributed by atoms with Crippen LogP contribution in [0.4, 0.5) is 0 Å². The second kappa shape index (κ2) is 36.0. The van der Waals surface area contributed by atoms with Gasteiger partial charge in [0.1, 0.15) is 12.2 Å². The summed E-state index contributed by atoms with van der Waals surface area (Å²) < 4.78 is 32.3. The van der Waals surface area contributed by atoms with Crippen molar-refractivity contribution in [3.8, 4) is 0 Å². The average molecular weight is 741 g/mol. The zero-order valence-electron chi connectivity index (χ0n) is 31.5. The van der Waals surface area contributed by atoms with Crippen LogP contribution in [0.1, 0.15) is 142 Å². The summed E-state index contributed by atoms with van der Waals surface area (Å²) in [6.07, 6.45) is 37.9. The number of hydrogen-bond acceptors (Lipinski definition) is 9. The molecule has 3 N–H and O–H groups in total. The zero-order chi connectivity index (χ0) is 37.7. The first kappa shape index (κ1) is 48.7. The molecule has 11 heteroatoms. The van der Waals surface area contributed by atoms with Crippen molar-refractivity contribution in [2.45, 2.75) is 154 Å². The molecule has 0 aliphatic carbocycles. The van der Waals surface area contributed by atoms with E-state index in [2.05, 4.69) is 56.4 Å². The second-order valence-electron chi connectivity index (χ2n) is 12.5. The molecule has 0 fully saturated rings. The van der Waals surface area contributed by atoms with Crippen molar-refractivity contribution in [3.63, 3.8) is 0 Å². The van der Waals surface area contributed by atoms with E-state index < -0.39 is 58.4 Å². The maximum absolute atomic E-state index is 12.3. The van der Waals surface area contributed by atoms with E-state index in [4.69, 9.17) is 18.5 Å². The van der Waals surface area contributed by atoms with Gasteiger partial charge in [-0.1, -0.05) is 126 Å². The first-order chi connectivity index (χ1) is 24.8. The number of unbranched alkanes of at least 4 members (excludes halogenated alkanes) is 11. The van der Waals surface area contributed by atoms with Crippen molar-refractivity contribution < 1.29 is 47.8 Å². The van der Waals surface area contributed by atoms with Crippen molar-refractivity contribution >= 4 is 19.8 Å². The van der Waals surface area contributed by atoms with Gasteiger partial charge in [0, 0.05) is 12.8 Å². The molecule has 3 unspecified atom stereocenters. The number of allylic oxidation sites excluding steroid dienone is 10. The Bertz CT molecular complexity index is 1040. The number of phosphoric ester groups is 1. The Hall–Kier alpha value is -2.33. The molecule has 0 saturated heterocycles. The minimum atomic E-state index is -4.65. The van der Waals surface area contributed by atoms with Gasteiger partial charge < -0.3 is 24.6 Å². The highest BCUT2D eigenvalue weighted by atomic mass is 31.2. The van der Waals surface area contributed by atoms with Crippen molar-refractivity contribution in [1.82, 2.24) is 0 Å². The standard InChI is InChI=1S/C40H69O10P/c1-3-5-7-9-11-13-15-17-18-20-22-24-26-28-30-32-40(44)50-38(34-42)36-48-51(45,46)47-35-37(33-41)49-39(43)31-29-27-25-23-21-19-16-14-12-10-8-6-4-2/h6,8,12,14,17-19,21,25,27,37-38,41-42H,3-5,7,9-11,13,15-16,20,22-24,26,28-36H2,1-2H3,(H,45,46)/b8-6-,14-12-,18-17-,21-19-,27-25-. The molecule has 0 radical (unpaired) electrons. The van der Waals surface area contributed by atoms with E-state index in [1.807, 2.05) is 18.2 Å². The van der Waals surface area contributed by atoms with E-state index in [1.54, 1.807) is 0 Å². The van der Waals surface area contributed by atoms with Crippen LogP contribution in [0.25, 0.3) is 0 Å². The molecule has 0 aliphatic rings. The monoisotopic (exact) mass is 740 g/mol. The molecule has 0 bridgehead atoms. The molecule has 3 atom stereocenters. The molecule has 0 amide bonds. The lowest BCUT2D eigenvalue weighted by atomic mass is 10.1. The number of carbonyl (C=O) groups excluding carboxylic acids is 2. The number of phosphoric acid groups is 1. The van der Waals surface area contributed by atoms with Crippen LogP contribution in [0.2, 0.25) is 0 Å². The summed E-state index contributed by atoms with van der Waals surface area (Å²) in [6, 6.07) is 0. The fourth-order valence-electron chi connectivity index (χ4n) is 4.77. The molecule has 0 rings (SSSR count). The van der Waals surface area contributed by atoms with Crippen LogP contribution in [0.3, 0.4) is 0 Å². The molecule has 0 aromatic heterocycles. The number of aliphatic hydroxyl groups is 2. The van der Waals surface area contributed by atoms with Crippen LogP contribution in [0, 0.1) is 0 Å². The molecule has 0 saturated carbocycles. The van der Waals surface area contributed by atoms with E-state index >= 15 is 0 Å². The summed E-state index contributed by atoms with van der Waals surface area (Å²) in [5, 5.41) is 19.1. The van der Waals surface area contributed by atoms with Crippen LogP contribution in [0.15, 0.2) is 60.8 Å². The van der Waals surface area contributed by atoms with Crippen molar-refractivity contribution in [2.24, 2.45) is 0 Å². The number of esters is 2. The van der Waals surface area contributed by atoms with Crippen LogP contribution >= 0.6 is 7.82 Å². The lowest BCUT2D eigenvalue weighted by molar-refractivity contribution is -0.153. The van der Waals surface area contributed by atoms with E-state index in [1.165, 1.54) is 38.5 Å². The van der Waals surface area contributed by atoms with E-state index in [0.29, 0.717) is 12.8 Å². The third-order valence-corrected chi connectivity index (χ3v) is 8.68. The fourth-order valence-corrected chi connectivity index (χ4v) is 5.55. The van der Waals surface area contributed by atoms with Crippen LogP contribution < -0.4 is 0 Å². The SMILES string of the molecule is CC/C=C\C/C=C\C/C=C\C/C=C\CCC(=O)OC(CO)COP(=O)(O)OCC(CO)OC(=O)CCCCCCC/C=C\CCCCCCCC. The second-order valence-corrected chi connectivity index (χ2v) is 14.0. The third-order valence-electron chi connectivity index (χ3n) is 7.73. The Morgan fingerprint density at radius 3 is 1.45 bits per heavy atom. The van der Waals surface area contributed by atoms with Crippen LogP contribution in [0.5, 0.6) is 0 Å². The average Bonchev–Trinajstić information content (AvgIpc) is 3.12. The van der Waals surface area contributed by atoms with Crippen molar-refractivity contribution in [1.29, 1.82) is 0 Å². The molecule has 10 nitrogen and oxygen atoms in total. The number of carbonyl (C=O) groups is 2. The largest absolute Gasteiger partial charge is 0.472 e. The Morgan fingerprint density at radius 1 is 0.549 bits per heavy atom. The first-order valence-electron chi connectivity index (χ1n) is 19.2. The lowest BCUT2D eigenvalue weighted by Gasteiger charge is -2.20. The summed E-state index contributed by atoms with van der Waals surface area (Å²) in [6.45, 7) is 1.96. The molecule has 0 heterocycles. The van der Waals surface area contributed by atoms with Gasteiger partial charge in [-0.3, -0.25) is 18.6 Å². The van der Waals surface area contributed by atoms with E-state index in [0.717, 1.165) is 64.2 Å². The van der Waals surface area contributed by atoms with E-state index in [9.17, 15) is 29.3 Å². The normalized spacial score (nSPS) is 14.7. The Labute approximate surface area is 308 Å². The summed E-state index contributed by atoms with van der Waals surface area (Å²) in [5.41, 5.74) is 0. The van der Waals surface area contributed by atoms with Gasteiger partial charge in [0.25, 0.3) is 0 Å². The van der Waals surface area contributed by atoms with Gasteiger partial charge in [-0.2, -0.15) is 0 Å². The Kier molecular flexibility index (Phi) is 34.4. The van der Waals surface area contributed by atoms with E-state index in [-0.39, 0.29) is 12.8 Å². The predicted molar refractivity (Wildman–Crippen MR) is 205 cm³/mol. The highest BCUT2D eigenvalue weighted by Crippen LogP contribution is 2.43. The molecular formula is C40H69O10P. The van der Waals surface area contributed by atoms with Gasteiger partial charge in [0.2, 0.25) is 0 Å². The molecule has 0 aromatic carbocycles. The fraction of sp³-hybridized carbons (Fsp3) is 0.700. The van der Waals surface area contributed by atoms with Crippen LogP contribution in [-0.2, 0) is 32.7 Å². The quantitative estimate of drug-likeness (QED) is 0.0248. The number of aliphatic hydroxyl groups excluding tert-OH is 2. The summed E-state index contributed by atoms with van der Waals surface area (Å²) in [7, 11) is -4.65. The van der Waals surface area contributed by atoms with Gasteiger partial charge in [-0.15, -0.1) is 0 Å². The van der Waals surface area contributed by atoms with Crippen molar-refractivity contribution in [3.05, 3.63) is 60.8 Å². The smallest absolute Gasteiger partial charge is 0.457 e. The Balaban J connectivity index is 4.08. The maximum Gasteiger partial charge on any atom is 0.472 e. The third kappa shape index (κ3) is 34.5. The minimum Gasteiger partial charge on any atom is -0.457 e. The Morgan fingerprint density at radius 2 is 0.961 bits per heavy atom. The van der Waals surface area contributed by atoms with Gasteiger partial charge in [-0.25, -0.2) is 4.57 Å². The van der Waals surface area contributed by atoms with Gasteiger partial charge in [0.15, 0.2) is 0 Å². The number of rotatable bonds is 35. The highest BCUT2D eigenvalue weighted by Gasteiger charge is 2.27. The first-order valence-corrected chi connectivity index (χ1v) is 20.7. The number of hydrogen-bond donors (Lipinski definition) is 3. The summed E-state index contributed by atoms with van der Waals surface area (Å²) >= 11 is 0. The molecule has 0 aromatic rings. The van der Waals surface area contributed by atoms with Gasteiger partial charge in [-0.05, 0) is 64.2 Å². The van der Waals surface area contributed by atoms with Gasteiger partial charge in [0.05, 0.1) is 26.4 Å². The molecule has 0 spiro atoms. The van der Waals surface area contributed by atoms with Crippen LogP contribution in [-0.4, -0.2) is 65.7 Å². The zero-order valence-corrected chi connectivity index (χ0v) is 32.4. The molecule has 294 valence electrons. The topological polar surface area (TPSA) is 149 Å². The number of ether oxygens (including phenoxy) is 2. The molecule has 51 heavy (non-hydrogen) atoms. The van der Waals surface area contributed by atoms with Gasteiger partial charge >= 0.3 is 19.8 Å². The summed E-state index contributed by atoms with van der Waals surface area (Å²) in [5.74, 6) is -1.12. The highest BCUT2D eigenvalue weighted by molar-refractivity contribution is 7.47. The van der Waals surface area contributed by atoms with Crippen molar-refractivity contribution in [2.75, 3.05) is 26.4 Å². The maximum atomic E-state index is 12.3. The molecule has 0 aliphatic heterocycles. The minimum absolute atomic E-state index is 0.0680.